The first-order valence-corrected chi connectivity index (χ1v) is 5.81. The van der Waals surface area contributed by atoms with Crippen molar-refractivity contribution < 1.29 is 14.1 Å². The van der Waals surface area contributed by atoms with Gasteiger partial charge in [-0.3, -0.25) is 4.79 Å². The molecule has 1 heterocycles. The lowest BCUT2D eigenvalue weighted by Gasteiger charge is -1.96. The summed E-state index contributed by atoms with van der Waals surface area (Å²) in [5.74, 6) is 0.235. The molecule has 0 atom stereocenters. The van der Waals surface area contributed by atoms with Gasteiger partial charge in [0.15, 0.2) is 0 Å². The molecule has 94 valence electrons. The van der Waals surface area contributed by atoms with E-state index in [1.165, 1.54) is 0 Å². The Kier molecular flexibility index (Phi) is 3.94. The molecule has 1 aromatic heterocycles. The van der Waals surface area contributed by atoms with Crippen LogP contribution in [0.4, 0.5) is 0 Å². The third-order valence-electron chi connectivity index (χ3n) is 2.15. The number of rotatable bonds is 4. The fraction of sp³-hybridized carbons (Fsp3) is 0.250. The van der Waals surface area contributed by atoms with Crippen LogP contribution < -0.4 is 0 Å². The summed E-state index contributed by atoms with van der Waals surface area (Å²) >= 11 is 5.87. The highest BCUT2D eigenvalue weighted by atomic mass is 35.5. The van der Waals surface area contributed by atoms with Gasteiger partial charge in [0.2, 0.25) is 11.7 Å². The minimum Gasteiger partial charge on any atom is -0.466 e. The molecule has 0 bridgehead atoms. The van der Waals surface area contributed by atoms with E-state index in [2.05, 4.69) is 10.1 Å². The van der Waals surface area contributed by atoms with Crippen LogP contribution in [0.1, 0.15) is 12.8 Å². The highest BCUT2D eigenvalue weighted by Gasteiger charge is 2.13. The first kappa shape index (κ1) is 12.6. The number of esters is 1. The van der Waals surface area contributed by atoms with Crippen LogP contribution in [0.25, 0.3) is 11.4 Å². The number of carbonyl (C=O) groups is 1. The molecule has 0 unspecified atom stereocenters. The molecule has 0 spiro atoms. The van der Waals surface area contributed by atoms with Gasteiger partial charge in [0.1, 0.15) is 6.42 Å². The smallest absolute Gasteiger partial charge is 0.315 e. The van der Waals surface area contributed by atoms with Crippen LogP contribution in [0, 0.1) is 0 Å². The van der Waals surface area contributed by atoms with Gasteiger partial charge in [-0.2, -0.15) is 4.98 Å². The maximum Gasteiger partial charge on any atom is 0.315 e. The molecule has 0 aliphatic carbocycles. The lowest BCUT2D eigenvalue weighted by Crippen LogP contribution is -2.07. The maximum atomic E-state index is 11.2. The Hall–Kier alpha value is -1.88. The number of carbonyl (C=O) groups excluding carboxylic acids is 1. The number of hydrogen-bond acceptors (Lipinski definition) is 5. The maximum absolute atomic E-state index is 11.2. The third-order valence-corrected chi connectivity index (χ3v) is 2.39. The normalized spacial score (nSPS) is 10.3. The van der Waals surface area contributed by atoms with Gasteiger partial charge >= 0.3 is 5.97 Å². The highest BCUT2D eigenvalue weighted by molar-refractivity contribution is 6.30. The lowest BCUT2D eigenvalue weighted by atomic mass is 10.2. The molecule has 2 rings (SSSR count). The van der Waals surface area contributed by atoms with Crippen molar-refractivity contribution >= 4 is 17.6 Å². The van der Waals surface area contributed by atoms with Gasteiger partial charge in [-0.05, 0) is 19.1 Å². The first-order chi connectivity index (χ1) is 8.69. The number of nitrogens with zero attached hydrogens (tertiary/aromatic N) is 2. The molecule has 0 fully saturated rings. The van der Waals surface area contributed by atoms with Crippen molar-refractivity contribution in [1.82, 2.24) is 10.1 Å². The van der Waals surface area contributed by atoms with E-state index >= 15 is 0 Å². The van der Waals surface area contributed by atoms with Crippen LogP contribution >= 0.6 is 11.6 Å². The van der Waals surface area contributed by atoms with Crippen molar-refractivity contribution in [3.05, 3.63) is 35.2 Å². The quantitative estimate of drug-likeness (QED) is 0.796. The molecule has 6 heteroatoms. The summed E-state index contributed by atoms with van der Waals surface area (Å²) in [4.78, 5) is 15.3. The molecule has 0 saturated heterocycles. The molecule has 0 saturated carbocycles. The van der Waals surface area contributed by atoms with Gasteiger partial charge in [0, 0.05) is 10.6 Å². The second-order valence-electron chi connectivity index (χ2n) is 3.50. The van der Waals surface area contributed by atoms with Crippen molar-refractivity contribution in [2.75, 3.05) is 6.61 Å². The van der Waals surface area contributed by atoms with Crippen LogP contribution in [-0.2, 0) is 16.0 Å². The Morgan fingerprint density at radius 3 is 3.06 bits per heavy atom. The number of benzene rings is 1. The van der Waals surface area contributed by atoms with Crippen LogP contribution in [0.5, 0.6) is 0 Å². The number of halogens is 1. The largest absolute Gasteiger partial charge is 0.466 e. The predicted octanol–water partition coefficient (Wildman–Crippen LogP) is 2.50. The summed E-state index contributed by atoms with van der Waals surface area (Å²) in [6.45, 7) is 2.07. The fourth-order valence-electron chi connectivity index (χ4n) is 1.41. The van der Waals surface area contributed by atoms with Crippen LogP contribution in [0.15, 0.2) is 28.8 Å². The average molecular weight is 267 g/mol. The molecule has 2 aromatic rings. The Morgan fingerprint density at radius 1 is 1.50 bits per heavy atom. The Labute approximate surface area is 109 Å². The summed E-state index contributed by atoms with van der Waals surface area (Å²) in [5.41, 5.74) is 0.737. The Balaban J connectivity index is 2.13. The van der Waals surface area contributed by atoms with E-state index in [4.69, 9.17) is 20.9 Å². The zero-order valence-electron chi connectivity index (χ0n) is 9.72. The fourth-order valence-corrected chi connectivity index (χ4v) is 1.60. The zero-order valence-corrected chi connectivity index (χ0v) is 10.5. The van der Waals surface area contributed by atoms with Crippen molar-refractivity contribution in [2.24, 2.45) is 0 Å². The van der Waals surface area contributed by atoms with Crippen LogP contribution in [0.2, 0.25) is 5.02 Å². The summed E-state index contributed by atoms with van der Waals surface area (Å²) in [7, 11) is 0. The molecule has 0 amide bonds. The predicted molar refractivity (Wildman–Crippen MR) is 65.1 cm³/mol. The number of hydrogen-bond donors (Lipinski definition) is 0. The topological polar surface area (TPSA) is 65.2 Å². The summed E-state index contributed by atoms with van der Waals surface area (Å²) in [5, 5.41) is 4.38. The Morgan fingerprint density at radius 2 is 2.33 bits per heavy atom. The summed E-state index contributed by atoms with van der Waals surface area (Å²) in [6, 6.07) is 7.08. The molecule has 0 aliphatic heterocycles. The molecule has 5 nitrogen and oxygen atoms in total. The molecule has 0 radical (unpaired) electrons. The standard InChI is InChI=1S/C12H11ClN2O3/c1-2-17-11(16)7-10-14-12(15-18-10)8-4-3-5-9(13)6-8/h3-6H,2,7H2,1H3. The summed E-state index contributed by atoms with van der Waals surface area (Å²) in [6.07, 6.45) is -0.0264. The van der Waals surface area contributed by atoms with Gasteiger partial charge in [0.05, 0.1) is 6.61 Å². The van der Waals surface area contributed by atoms with Crippen molar-refractivity contribution in [3.63, 3.8) is 0 Å². The first-order valence-electron chi connectivity index (χ1n) is 5.43. The molecule has 0 N–H and O–H groups in total. The summed E-state index contributed by atoms with van der Waals surface area (Å²) < 4.78 is 9.76. The molecular weight excluding hydrogens is 256 g/mol. The van der Waals surface area contributed by atoms with E-state index in [0.717, 1.165) is 5.56 Å². The van der Waals surface area contributed by atoms with Crippen molar-refractivity contribution in [1.29, 1.82) is 0 Å². The van der Waals surface area contributed by atoms with E-state index in [9.17, 15) is 4.79 Å². The minimum atomic E-state index is -0.390. The molecule has 18 heavy (non-hydrogen) atoms. The lowest BCUT2D eigenvalue weighted by molar-refractivity contribution is -0.142. The van der Waals surface area contributed by atoms with Crippen molar-refractivity contribution in [2.45, 2.75) is 13.3 Å². The molecule has 0 aliphatic rings. The zero-order chi connectivity index (χ0) is 13.0. The highest BCUT2D eigenvalue weighted by Crippen LogP contribution is 2.19. The van der Waals surface area contributed by atoms with Gasteiger partial charge in [0.25, 0.3) is 0 Å². The molecule has 1 aromatic carbocycles. The van der Waals surface area contributed by atoms with E-state index in [1.807, 2.05) is 6.07 Å². The monoisotopic (exact) mass is 266 g/mol. The van der Waals surface area contributed by atoms with Gasteiger partial charge in [-0.15, -0.1) is 0 Å². The molecular formula is C12H11ClN2O3. The van der Waals surface area contributed by atoms with E-state index in [1.54, 1.807) is 25.1 Å². The minimum absolute atomic E-state index is 0.0264. The second kappa shape index (κ2) is 5.64. The number of aromatic nitrogens is 2. The van der Waals surface area contributed by atoms with E-state index < -0.39 is 5.97 Å². The van der Waals surface area contributed by atoms with Crippen molar-refractivity contribution in [3.8, 4) is 11.4 Å². The Bertz CT molecular complexity index is 554. The van der Waals surface area contributed by atoms with E-state index in [-0.39, 0.29) is 12.3 Å². The number of ether oxygens (including phenoxy) is 1. The van der Waals surface area contributed by atoms with Crippen LogP contribution in [0.3, 0.4) is 0 Å². The van der Waals surface area contributed by atoms with Crippen LogP contribution in [-0.4, -0.2) is 22.7 Å². The third kappa shape index (κ3) is 3.07. The van der Waals surface area contributed by atoms with Gasteiger partial charge in [-0.25, -0.2) is 0 Å². The second-order valence-corrected chi connectivity index (χ2v) is 3.94. The van der Waals surface area contributed by atoms with Gasteiger partial charge in [-0.1, -0.05) is 28.9 Å². The SMILES string of the molecule is CCOC(=O)Cc1nc(-c2cccc(Cl)c2)no1. The van der Waals surface area contributed by atoms with Gasteiger partial charge < -0.3 is 9.26 Å². The van der Waals surface area contributed by atoms with E-state index in [0.29, 0.717) is 17.5 Å². The average Bonchev–Trinajstić information content (AvgIpc) is 2.78.